The number of rotatable bonds is 10. The molecule has 0 saturated carbocycles. The molecule has 0 radical (unpaired) electrons. The van der Waals surface area contributed by atoms with E-state index in [-0.39, 0.29) is 0 Å². The zero-order chi connectivity index (χ0) is 12.4. The van der Waals surface area contributed by atoms with Crippen molar-refractivity contribution in [2.45, 2.75) is 86.0 Å². The fraction of sp³-hybridized carbons (Fsp3) is 1.00. The predicted molar refractivity (Wildman–Crippen MR) is 75.8 cm³/mol. The maximum Gasteiger partial charge on any atom is -0.0443 e. The Kier molecular flexibility index (Phi) is 10.2. The fourth-order valence-electron chi connectivity index (χ4n) is 2.11. The second-order valence-corrected chi connectivity index (χ2v) is 5.99. The minimum absolute atomic E-state index is 0.933. The smallest absolute Gasteiger partial charge is 0.0443 e. The van der Waals surface area contributed by atoms with E-state index in [2.05, 4.69) is 34.6 Å². The fourth-order valence-corrected chi connectivity index (χ4v) is 2.11. The van der Waals surface area contributed by atoms with Gasteiger partial charge in [-0.1, -0.05) is 86.0 Å². The van der Waals surface area contributed by atoms with Crippen molar-refractivity contribution in [3.05, 3.63) is 0 Å². The first kappa shape index (κ1) is 16.0. The molecule has 0 bridgehead atoms. The molecule has 0 rings (SSSR count). The second kappa shape index (κ2) is 10.2. The van der Waals surface area contributed by atoms with Crippen LogP contribution in [0.3, 0.4) is 0 Å². The van der Waals surface area contributed by atoms with Gasteiger partial charge in [-0.25, -0.2) is 0 Å². The third-order valence-electron chi connectivity index (χ3n) is 4.19. The van der Waals surface area contributed by atoms with E-state index < -0.39 is 0 Å². The lowest BCUT2D eigenvalue weighted by molar-refractivity contribution is 0.385. The monoisotopic (exact) mass is 226 g/mol. The molecular formula is C16H34. The standard InChI is InChI=1S/C16H34/c1-6-14(3)10-8-9-11-16(5)13-12-15(4)7-2/h14-16H,6-13H2,1-5H3. The molecule has 98 valence electrons. The second-order valence-electron chi connectivity index (χ2n) is 5.99. The minimum atomic E-state index is 0.933. The zero-order valence-electron chi connectivity index (χ0n) is 12.4. The van der Waals surface area contributed by atoms with E-state index in [4.69, 9.17) is 0 Å². The summed E-state index contributed by atoms with van der Waals surface area (Å²) in [7, 11) is 0. The summed E-state index contributed by atoms with van der Waals surface area (Å²) in [5.74, 6) is 2.82. The first-order valence-corrected chi connectivity index (χ1v) is 7.60. The Morgan fingerprint density at radius 3 is 1.44 bits per heavy atom. The third-order valence-corrected chi connectivity index (χ3v) is 4.19. The summed E-state index contributed by atoms with van der Waals surface area (Å²) in [4.78, 5) is 0. The van der Waals surface area contributed by atoms with Gasteiger partial charge in [0.05, 0.1) is 0 Å². The van der Waals surface area contributed by atoms with Gasteiger partial charge >= 0.3 is 0 Å². The molecule has 0 saturated heterocycles. The Morgan fingerprint density at radius 1 is 0.562 bits per heavy atom. The first-order chi connectivity index (χ1) is 7.60. The molecule has 16 heavy (non-hydrogen) atoms. The molecule has 3 unspecified atom stereocenters. The van der Waals surface area contributed by atoms with Crippen LogP contribution in [0.5, 0.6) is 0 Å². The topological polar surface area (TPSA) is 0 Å². The molecule has 0 heterocycles. The lowest BCUT2D eigenvalue weighted by Gasteiger charge is -2.14. The lowest BCUT2D eigenvalue weighted by atomic mass is 9.92. The molecule has 0 aliphatic carbocycles. The van der Waals surface area contributed by atoms with Crippen LogP contribution in [-0.4, -0.2) is 0 Å². The van der Waals surface area contributed by atoms with Gasteiger partial charge in [-0.05, 0) is 17.8 Å². The Labute approximate surface area is 104 Å². The molecule has 0 aliphatic rings. The molecule has 0 nitrogen and oxygen atoms in total. The molecule has 0 aliphatic heterocycles. The highest BCUT2D eigenvalue weighted by Crippen LogP contribution is 2.20. The van der Waals surface area contributed by atoms with Crippen molar-refractivity contribution >= 4 is 0 Å². The van der Waals surface area contributed by atoms with Crippen molar-refractivity contribution in [1.29, 1.82) is 0 Å². The van der Waals surface area contributed by atoms with Gasteiger partial charge in [-0.15, -0.1) is 0 Å². The maximum absolute atomic E-state index is 2.44. The molecule has 0 amide bonds. The Hall–Kier alpha value is 0. The number of unbranched alkanes of at least 4 members (excludes halogenated alkanes) is 1. The molecule has 0 aromatic heterocycles. The molecule has 0 aromatic carbocycles. The predicted octanol–water partition coefficient (Wildman–Crippen LogP) is 6.06. The summed E-state index contributed by atoms with van der Waals surface area (Å²) in [6.07, 6.45) is 11.4. The van der Waals surface area contributed by atoms with Gasteiger partial charge in [-0.3, -0.25) is 0 Å². The number of hydrogen-bond donors (Lipinski definition) is 0. The van der Waals surface area contributed by atoms with Crippen LogP contribution in [0.15, 0.2) is 0 Å². The highest BCUT2D eigenvalue weighted by atomic mass is 14.1. The molecule has 0 spiro atoms. The van der Waals surface area contributed by atoms with Crippen molar-refractivity contribution < 1.29 is 0 Å². The normalized spacial score (nSPS) is 17.1. The Balaban J connectivity index is 3.33. The summed E-state index contributed by atoms with van der Waals surface area (Å²) < 4.78 is 0. The van der Waals surface area contributed by atoms with E-state index in [1.54, 1.807) is 0 Å². The van der Waals surface area contributed by atoms with Crippen LogP contribution < -0.4 is 0 Å². The summed E-state index contributed by atoms with van der Waals surface area (Å²) in [5, 5.41) is 0. The van der Waals surface area contributed by atoms with Gasteiger partial charge in [0, 0.05) is 0 Å². The summed E-state index contributed by atoms with van der Waals surface area (Å²) in [6.45, 7) is 11.8. The highest BCUT2D eigenvalue weighted by Gasteiger charge is 2.06. The van der Waals surface area contributed by atoms with E-state index in [0.717, 1.165) is 17.8 Å². The van der Waals surface area contributed by atoms with Crippen LogP contribution >= 0.6 is 0 Å². The average Bonchev–Trinajstić information content (AvgIpc) is 2.31. The van der Waals surface area contributed by atoms with E-state index >= 15 is 0 Å². The van der Waals surface area contributed by atoms with E-state index in [1.165, 1.54) is 51.4 Å². The molecule has 3 atom stereocenters. The summed E-state index contributed by atoms with van der Waals surface area (Å²) >= 11 is 0. The molecular weight excluding hydrogens is 192 g/mol. The first-order valence-electron chi connectivity index (χ1n) is 7.60. The van der Waals surface area contributed by atoms with E-state index in [0.29, 0.717) is 0 Å². The lowest BCUT2D eigenvalue weighted by Crippen LogP contribution is -2.00. The van der Waals surface area contributed by atoms with Crippen LogP contribution in [0.4, 0.5) is 0 Å². The zero-order valence-corrected chi connectivity index (χ0v) is 12.4. The molecule has 0 N–H and O–H groups in total. The maximum atomic E-state index is 2.44. The van der Waals surface area contributed by atoms with Crippen LogP contribution in [0.25, 0.3) is 0 Å². The average molecular weight is 226 g/mol. The van der Waals surface area contributed by atoms with E-state index in [1.807, 2.05) is 0 Å². The molecule has 0 aromatic rings. The Bertz CT molecular complexity index is 139. The summed E-state index contributed by atoms with van der Waals surface area (Å²) in [5.41, 5.74) is 0. The van der Waals surface area contributed by atoms with Crippen molar-refractivity contribution in [3.63, 3.8) is 0 Å². The van der Waals surface area contributed by atoms with Crippen LogP contribution in [0.2, 0.25) is 0 Å². The van der Waals surface area contributed by atoms with Gasteiger partial charge in [0.15, 0.2) is 0 Å². The highest BCUT2D eigenvalue weighted by molar-refractivity contribution is 4.59. The number of hydrogen-bond acceptors (Lipinski definition) is 0. The SMILES string of the molecule is CCC(C)CCCCC(C)CCC(C)CC. The van der Waals surface area contributed by atoms with E-state index in [9.17, 15) is 0 Å². The molecule has 0 heteroatoms. The summed E-state index contributed by atoms with van der Waals surface area (Å²) in [6, 6.07) is 0. The van der Waals surface area contributed by atoms with Gasteiger partial charge in [0.25, 0.3) is 0 Å². The van der Waals surface area contributed by atoms with Gasteiger partial charge < -0.3 is 0 Å². The minimum Gasteiger partial charge on any atom is -0.0651 e. The Morgan fingerprint density at radius 2 is 0.938 bits per heavy atom. The quantitative estimate of drug-likeness (QED) is 0.397. The van der Waals surface area contributed by atoms with Gasteiger partial charge in [-0.2, -0.15) is 0 Å². The van der Waals surface area contributed by atoms with Gasteiger partial charge in [0.2, 0.25) is 0 Å². The van der Waals surface area contributed by atoms with Gasteiger partial charge in [0.1, 0.15) is 0 Å². The van der Waals surface area contributed by atoms with Crippen molar-refractivity contribution in [1.82, 2.24) is 0 Å². The van der Waals surface area contributed by atoms with Crippen molar-refractivity contribution in [2.24, 2.45) is 17.8 Å². The van der Waals surface area contributed by atoms with Crippen LogP contribution in [0, 0.1) is 17.8 Å². The molecule has 0 fully saturated rings. The third kappa shape index (κ3) is 9.24. The largest absolute Gasteiger partial charge is 0.0651 e. The van der Waals surface area contributed by atoms with Crippen LogP contribution in [-0.2, 0) is 0 Å². The van der Waals surface area contributed by atoms with Crippen LogP contribution in [0.1, 0.15) is 86.0 Å². The van der Waals surface area contributed by atoms with Crippen molar-refractivity contribution in [3.8, 4) is 0 Å². The van der Waals surface area contributed by atoms with Crippen molar-refractivity contribution in [2.75, 3.05) is 0 Å².